The van der Waals surface area contributed by atoms with Crippen LogP contribution in [0, 0.1) is 0 Å². The molecule has 0 bridgehead atoms. The van der Waals surface area contributed by atoms with Crippen LogP contribution in [0.3, 0.4) is 0 Å². The van der Waals surface area contributed by atoms with E-state index in [4.69, 9.17) is 5.73 Å². The first kappa shape index (κ1) is 15.5. The Hall–Kier alpha value is -0.920. The zero-order chi connectivity index (χ0) is 14.7. The smallest absolute Gasteiger partial charge is 0.283 e. The fourth-order valence-corrected chi connectivity index (χ4v) is 3.09. The van der Waals surface area contributed by atoms with E-state index in [-0.39, 0.29) is 11.6 Å². The lowest BCUT2D eigenvalue weighted by atomic mass is 10.1. The molecule has 112 valence electrons. The number of likely N-dealkylation sites (N-methyl/N-ethyl adjacent to an activating group) is 1. The van der Waals surface area contributed by atoms with Gasteiger partial charge in [0, 0.05) is 32.7 Å². The Kier molecular flexibility index (Phi) is 5.17. The van der Waals surface area contributed by atoms with E-state index in [2.05, 4.69) is 37.9 Å². The molecule has 0 radical (unpaired) electrons. The third-order valence-electron chi connectivity index (χ3n) is 3.67. The minimum absolute atomic E-state index is 0.0703. The van der Waals surface area contributed by atoms with E-state index in [9.17, 15) is 4.79 Å². The maximum absolute atomic E-state index is 12.3. The van der Waals surface area contributed by atoms with E-state index in [1.165, 1.54) is 4.68 Å². The van der Waals surface area contributed by atoms with E-state index in [1.54, 1.807) is 6.20 Å². The molecular weight excluding hydrogens is 322 g/mol. The highest BCUT2D eigenvalue weighted by Crippen LogP contribution is 2.25. The quantitative estimate of drug-likeness (QED) is 0.861. The molecule has 2 heterocycles. The third kappa shape index (κ3) is 3.05. The summed E-state index contributed by atoms with van der Waals surface area (Å²) in [6.45, 7) is 5.95. The average Bonchev–Trinajstić information content (AvgIpc) is 2.45. The lowest BCUT2D eigenvalue weighted by molar-refractivity contribution is 0.269. The summed E-state index contributed by atoms with van der Waals surface area (Å²) < 4.78 is 2.09. The summed E-state index contributed by atoms with van der Waals surface area (Å²) in [6, 6.07) is 0.216. The third-order valence-corrected chi connectivity index (χ3v) is 4.41. The summed E-state index contributed by atoms with van der Waals surface area (Å²) in [5.74, 6) is 0. The van der Waals surface area contributed by atoms with E-state index in [0.29, 0.717) is 17.6 Å². The topological polar surface area (TPSA) is 67.4 Å². The van der Waals surface area contributed by atoms with Crippen LogP contribution in [0.25, 0.3) is 0 Å². The van der Waals surface area contributed by atoms with Crippen LogP contribution in [0.2, 0.25) is 0 Å². The number of halogens is 1. The van der Waals surface area contributed by atoms with Crippen molar-refractivity contribution < 1.29 is 0 Å². The molecule has 7 heteroatoms. The molecule has 1 aliphatic heterocycles. The minimum atomic E-state index is -0.0703. The minimum Gasteiger partial charge on any atom is -0.362 e. The summed E-state index contributed by atoms with van der Waals surface area (Å²) >= 11 is 3.44. The van der Waals surface area contributed by atoms with Gasteiger partial charge in [0.25, 0.3) is 5.56 Å². The van der Waals surface area contributed by atoms with Gasteiger partial charge in [0.1, 0.15) is 4.47 Å². The van der Waals surface area contributed by atoms with Gasteiger partial charge in [-0.15, -0.1) is 0 Å². The molecule has 1 aromatic heterocycles. The van der Waals surface area contributed by atoms with Gasteiger partial charge in [-0.3, -0.25) is 4.79 Å². The van der Waals surface area contributed by atoms with Crippen LogP contribution < -0.4 is 16.2 Å². The van der Waals surface area contributed by atoms with Crippen LogP contribution in [0.15, 0.2) is 15.5 Å². The van der Waals surface area contributed by atoms with Gasteiger partial charge in [0.05, 0.1) is 17.9 Å². The largest absolute Gasteiger partial charge is 0.362 e. The maximum Gasteiger partial charge on any atom is 0.283 e. The van der Waals surface area contributed by atoms with Gasteiger partial charge in [-0.05, 0) is 29.4 Å². The highest BCUT2D eigenvalue weighted by atomic mass is 79.9. The van der Waals surface area contributed by atoms with Gasteiger partial charge in [-0.1, -0.05) is 6.92 Å². The van der Waals surface area contributed by atoms with Crippen LogP contribution in [-0.2, 0) is 6.54 Å². The molecule has 1 atom stereocenters. The van der Waals surface area contributed by atoms with Gasteiger partial charge in [0.15, 0.2) is 0 Å². The highest BCUT2D eigenvalue weighted by molar-refractivity contribution is 9.10. The first-order valence-electron chi connectivity index (χ1n) is 6.99. The van der Waals surface area contributed by atoms with Gasteiger partial charge in [0.2, 0.25) is 0 Å². The van der Waals surface area contributed by atoms with Crippen molar-refractivity contribution in [1.82, 2.24) is 14.7 Å². The second-order valence-corrected chi connectivity index (χ2v) is 6.01. The fourth-order valence-electron chi connectivity index (χ4n) is 2.56. The van der Waals surface area contributed by atoms with Crippen molar-refractivity contribution in [2.24, 2.45) is 5.73 Å². The van der Waals surface area contributed by atoms with Crippen LogP contribution in [0.1, 0.15) is 13.3 Å². The zero-order valence-electron chi connectivity index (χ0n) is 12.0. The number of aromatic nitrogens is 2. The Morgan fingerprint density at radius 1 is 1.50 bits per heavy atom. The summed E-state index contributed by atoms with van der Waals surface area (Å²) in [4.78, 5) is 16.7. The van der Waals surface area contributed by atoms with Crippen molar-refractivity contribution in [2.75, 3.05) is 38.1 Å². The number of piperazine rings is 1. The molecule has 1 unspecified atom stereocenters. The Labute approximate surface area is 127 Å². The van der Waals surface area contributed by atoms with Crippen LogP contribution in [0.5, 0.6) is 0 Å². The normalized spacial score (nSPS) is 20.4. The molecule has 1 fully saturated rings. The van der Waals surface area contributed by atoms with Crippen molar-refractivity contribution in [2.45, 2.75) is 25.9 Å². The molecule has 0 spiro atoms. The second-order valence-electron chi connectivity index (χ2n) is 5.22. The number of nitrogens with two attached hydrogens (primary N) is 1. The number of aryl methyl sites for hydroxylation is 1. The van der Waals surface area contributed by atoms with Crippen molar-refractivity contribution in [3.63, 3.8) is 0 Å². The molecule has 2 N–H and O–H groups in total. The van der Waals surface area contributed by atoms with E-state index in [1.807, 2.05) is 6.92 Å². The Balaban J connectivity index is 2.32. The predicted molar refractivity (Wildman–Crippen MR) is 84.2 cm³/mol. The molecule has 0 saturated carbocycles. The molecule has 0 amide bonds. The van der Waals surface area contributed by atoms with Crippen LogP contribution in [-0.4, -0.2) is 53.9 Å². The lowest BCUT2D eigenvalue weighted by Crippen LogP contribution is -2.55. The molecule has 0 aromatic carbocycles. The van der Waals surface area contributed by atoms with Crippen molar-refractivity contribution in [1.29, 1.82) is 0 Å². The number of anilines is 1. The van der Waals surface area contributed by atoms with Gasteiger partial charge in [-0.25, -0.2) is 4.68 Å². The standard InChI is InChI=1S/C13H22BrN5O/c1-3-4-19-13(20)12(14)11(8-16-19)18-6-5-17(2)9-10(18)7-15/h8,10H,3-7,9,15H2,1-2H3. The summed E-state index contributed by atoms with van der Waals surface area (Å²) in [6.07, 6.45) is 2.66. The fraction of sp³-hybridized carbons (Fsp3) is 0.692. The van der Waals surface area contributed by atoms with E-state index < -0.39 is 0 Å². The average molecular weight is 344 g/mol. The summed E-state index contributed by atoms with van der Waals surface area (Å²) in [5.41, 5.74) is 6.65. The number of nitrogens with zero attached hydrogens (tertiary/aromatic N) is 4. The Morgan fingerprint density at radius 2 is 2.25 bits per heavy atom. The van der Waals surface area contributed by atoms with Gasteiger partial charge < -0.3 is 15.5 Å². The van der Waals surface area contributed by atoms with Crippen molar-refractivity contribution in [3.05, 3.63) is 21.0 Å². The molecule has 1 aliphatic rings. The SMILES string of the molecule is CCCn1ncc(N2CCN(C)CC2CN)c(Br)c1=O. The molecule has 20 heavy (non-hydrogen) atoms. The maximum atomic E-state index is 12.3. The zero-order valence-corrected chi connectivity index (χ0v) is 13.6. The molecular formula is C13H22BrN5O. The first-order chi connectivity index (χ1) is 9.58. The number of hydrogen-bond donors (Lipinski definition) is 1. The Morgan fingerprint density at radius 3 is 2.90 bits per heavy atom. The van der Waals surface area contributed by atoms with Gasteiger partial charge in [-0.2, -0.15) is 5.10 Å². The summed E-state index contributed by atoms with van der Waals surface area (Å²) in [5, 5.41) is 4.27. The number of rotatable bonds is 4. The Bertz CT molecular complexity index is 518. The number of hydrogen-bond acceptors (Lipinski definition) is 5. The molecule has 1 saturated heterocycles. The first-order valence-corrected chi connectivity index (χ1v) is 7.78. The molecule has 6 nitrogen and oxygen atoms in total. The van der Waals surface area contributed by atoms with Gasteiger partial charge >= 0.3 is 0 Å². The molecule has 1 aromatic rings. The van der Waals surface area contributed by atoms with Crippen LogP contribution >= 0.6 is 15.9 Å². The highest BCUT2D eigenvalue weighted by Gasteiger charge is 2.27. The molecule has 0 aliphatic carbocycles. The lowest BCUT2D eigenvalue weighted by Gasteiger charge is -2.41. The van der Waals surface area contributed by atoms with Crippen molar-refractivity contribution in [3.8, 4) is 0 Å². The van der Waals surface area contributed by atoms with Crippen molar-refractivity contribution >= 4 is 21.6 Å². The van der Waals surface area contributed by atoms with E-state index >= 15 is 0 Å². The van der Waals surface area contributed by atoms with E-state index in [0.717, 1.165) is 31.7 Å². The van der Waals surface area contributed by atoms with Crippen LogP contribution in [0.4, 0.5) is 5.69 Å². The second kappa shape index (κ2) is 6.69. The molecule has 2 rings (SSSR count). The summed E-state index contributed by atoms with van der Waals surface area (Å²) in [7, 11) is 2.09. The predicted octanol–water partition coefficient (Wildman–Crippen LogP) is 0.495. The monoisotopic (exact) mass is 343 g/mol.